The van der Waals surface area contributed by atoms with E-state index < -0.39 is 29.8 Å². The average molecular weight is 477 g/mol. The fourth-order valence-corrected chi connectivity index (χ4v) is 5.07. The molecule has 180 valence electrons. The summed E-state index contributed by atoms with van der Waals surface area (Å²) in [6, 6.07) is 9.40. The molecule has 9 heteroatoms. The first-order valence-electron chi connectivity index (χ1n) is 10.8. The van der Waals surface area contributed by atoms with Crippen molar-refractivity contribution in [2.45, 2.75) is 38.3 Å². The lowest BCUT2D eigenvalue weighted by Crippen LogP contribution is -2.62. The van der Waals surface area contributed by atoms with Crippen LogP contribution < -0.4 is 4.74 Å². The van der Waals surface area contributed by atoms with E-state index in [1.807, 2.05) is 0 Å². The molecule has 0 bridgehead atoms. The van der Waals surface area contributed by atoms with Crippen LogP contribution in [0.5, 0.6) is 5.75 Å². The second-order valence-electron chi connectivity index (χ2n) is 9.18. The molecule has 1 heterocycles. The van der Waals surface area contributed by atoms with Gasteiger partial charge in [-0.05, 0) is 41.8 Å². The lowest BCUT2D eigenvalue weighted by Gasteiger charge is -2.52. The summed E-state index contributed by atoms with van der Waals surface area (Å²) < 4.78 is 56.3. The number of nitrogens with zero attached hydrogens (tertiary/aromatic N) is 1. The lowest BCUT2D eigenvalue weighted by molar-refractivity contribution is -0.173. The molecule has 4 rings (SSSR count). The predicted octanol–water partition coefficient (Wildman–Crippen LogP) is 4.61. The summed E-state index contributed by atoms with van der Waals surface area (Å²) in [5.74, 6) is -2.77. The topological polar surface area (TPSA) is 63.7 Å². The Morgan fingerprint density at radius 3 is 2.18 bits per heavy atom. The maximum absolute atomic E-state index is 13.3. The normalized spacial score (nSPS) is 18.2. The fourth-order valence-electron chi connectivity index (χ4n) is 5.07. The minimum absolute atomic E-state index is 0.00150. The van der Waals surface area contributed by atoms with Gasteiger partial charge in [0.1, 0.15) is 35.5 Å². The van der Waals surface area contributed by atoms with Gasteiger partial charge in [0.25, 0.3) is 0 Å². The molecule has 34 heavy (non-hydrogen) atoms. The predicted molar refractivity (Wildman–Crippen MR) is 115 cm³/mol. The number of amides is 1. The molecular formula is C25H23F4NO4. The molecule has 1 spiro atoms. The molecule has 1 aliphatic carbocycles. The Bertz CT molecular complexity index is 1130. The number of aryl methyl sites for hydroxylation is 1. The molecule has 2 aliphatic rings. The molecule has 0 unspecified atom stereocenters. The summed E-state index contributed by atoms with van der Waals surface area (Å²) in [6.07, 6.45) is -6.15. The Morgan fingerprint density at radius 1 is 1.06 bits per heavy atom. The van der Waals surface area contributed by atoms with Crippen molar-refractivity contribution in [3.63, 3.8) is 0 Å². The Kier molecular flexibility index (Phi) is 5.99. The number of hydrogen-bond donors (Lipinski definition) is 0. The second kappa shape index (κ2) is 8.52. The van der Waals surface area contributed by atoms with E-state index in [4.69, 9.17) is 4.74 Å². The van der Waals surface area contributed by atoms with Crippen molar-refractivity contribution in [1.29, 1.82) is 0 Å². The van der Waals surface area contributed by atoms with Crippen molar-refractivity contribution in [3.8, 4) is 16.9 Å². The van der Waals surface area contributed by atoms with Gasteiger partial charge in [-0.2, -0.15) is 13.2 Å². The number of halogens is 4. The molecule has 1 saturated heterocycles. The number of ether oxygens (including phenoxy) is 1. The summed E-state index contributed by atoms with van der Waals surface area (Å²) in [5, 5.41) is 0. The highest BCUT2D eigenvalue weighted by Gasteiger charge is 2.54. The fraction of sp³-hybridized carbons (Fsp3) is 0.400. The van der Waals surface area contributed by atoms with Gasteiger partial charge in [-0.15, -0.1) is 0 Å². The first-order valence-corrected chi connectivity index (χ1v) is 10.8. The van der Waals surface area contributed by atoms with Gasteiger partial charge in [0.2, 0.25) is 5.91 Å². The maximum atomic E-state index is 13.3. The molecule has 2 aromatic rings. The highest BCUT2D eigenvalue weighted by Crippen LogP contribution is 2.48. The molecule has 1 amide bonds. The molecule has 2 fully saturated rings. The zero-order valence-electron chi connectivity index (χ0n) is 18.7. The van der Waals surface area contributed by atoms with Gasteiger partial charge in [0.15, 0.2) is 0 Å². The first kappa shape index (κ1) is 23.9. The third-order valence-electron chi connectivity index (χ3n) is 6.53. The molecule has 0 aromatic heterocycles. The Hall–Kier alpha value is -3.23. The molecule has 0 atom stereocenters. The van der Waals surface area contributed by atoms with Gasteiger partial charge in [0, 0.05) is 36.9 Å². The Labute approximate surface area is 193 Å². The number of hydrogen-bond acceptors (Lipinski definition) is 4. The Balaban J connectivity index is 1.55. The van der Waals surface area contributed by atoms with Gasteiger partial charge < -0.3 is 9.64 Å². The van der Waals surface area contributed by atoms with E-state index in [1.165, 1.54) is 19.2 Å². The van der Waals surface area contributed by atoms with Crippen molar-refractivity contribution in [2.24, 2.45) is 5.41 Å². The van der Waals surface area contributed by atoms with Gasteiger partial charge >= 0.3 is 6.18 Å². The molecule has 2 aromatic carbocycles. The van der Waals surface area contributed by atoms with E-state index in [-0.39, 0.29) is 43.3 Å². The van der Waals surface area contributed by atoms with Crippen molar-refractivity contribution in [1.82, 2.24) is 4.90 Å². The van der Waals surface area contributed by atoms with Crippen molar-refractivity contribution in [2.75, 3.05) is 20.2 Å². The standard InChI is InChI=1S/C25H23F4NO4/c1-14-7-16(15-3-5-17(26)6-4-15)8-20(34-2)22(14)23-18(31)9-24(10-19(23)32)12-30(13-24)21(33)11-25(27,28)29/h3-8,23H,9-13H2,1-2H3. The highest BCUT2D eigenvalue weighted by atomic mass is 19.4. The number of ketones is 2. The zero-order valence-corrected chi connectivity index (χ0v) is 18.7. The largest absolute Gasteiger partial charge is 0.496 e. The average Bonchev–Trinajstić information content (AvgIpc) is 2.71. The van der Waals surface area contributed by atoms with E-state index in [1.54, 1.807) is 31.2 Å². The summed E-state index contributed by atoms with van der Waals surface area (Å²) in [5.41, 5.74) is 1.80. The first-order chi connectivity index (χ1) is 15.9. The van der Waals surface area contributed by atoms with E-state index in [0.717, 1.165) is 16.0 Å². The van der Waals surface area contributed by atoms with Crippen LogP contribution in [-0.4, -0.2) is 48.7 Å². The van der Waals surface area contributed by atoms with E-state index in [2.05, 4.69) is 0 Å². The number of Topliss-reactive ketones (excluding diaryl/α,β-unsaturated/α-hetero) is 2. The number of methoxy groups -OCH3 is 1. The van der Waals surface area contributed by atoms with E-state index in [9.17, 15) is 31.9 Å². The van der Waals surface area contributed by atoms with Crippen LogP contribution in [0.25, 0.3) is 11.1 Å². The van der Waals surface area contributed by atoms with Crippen LogP contribution in [0.3, 0.4) is 0 Å². The summed E-state index contributed by atoms with van der Waals surface area (Å²) >= 11 is 0. The lowest BCUT2D eigenvalue weighted by atomic mass is 9.63. The van der Waals surface area contributed by atoms with Crippen LogP contribution in [-0.2, 0) is 14.4 Å². The van der Waals surface area contributed by atoms with Gasteiger partial charge in [-0.3, -0.25) is 14.4 Å². The monoisotopic (exact) mass is 477 g/mol. The molecule has 5 nitrogen and oxygen atoms in total. The Morgan fingerprint density at radius 2 is 1.65 bits per heavy atom. The molecular weight excluding hydrogens is 454 g/mol. The third kappa shape index (κ3) is 4.56. The number of rotatable bonds is 4. The van der Waals surface area contributed by atoms with Crippen LogP contribution in [0, 0.1) is 18.2 Å². The molecule has 0 radical (unpaired) electrons. The van der Waals surface area contributed by atoms with Gasteiger partial charge in [-0.25, -0.2) is 4.39 Å². The van der Waals surface area contributed by atoms with Crippen molar-refractivity contribution in [3.05, 3.63) is 53.3 Å². The van der Waals surface area contributed by atoms with Crippen LogP contribution in [0.15, 0.2) is 36.4 Å². The minimum Gasteiger partial charge on any atom is -0.496 e. The van der Waals surface area contributed by atoms with Crippen LogP contribution >= 0.6 is 0 Å². The van der Waals surface area contributed by atoms with Gasteiger partial charge in [-0.1, -0.05) is 18.2 Å². The number of benzene rings is 2. The third-order valence-corrected chi connectivity index (χ3v) is 6.53. The zero-order chi connectivity index (χ0) is 24.8. The van der Waals surface area contributed by atoms with E-state index in [0.29, 0.717) is 16.9 Å². The van der Waals surface area contributed by atoms with Crippen LogP contribution in [0.1, 0.15) is 36.3 Å². The molecule has 1 saturated carbocycles. The SMILES string of the molecule is COc1cc(-c2ccc(F)cc2)cc(C)c1C1C(=O)CC2(CC1=O)CN(C(=O)CC(F)(F)F)C2. The van der Waals surface area contributed by atoms with Crippen LogP contribution in [0.4, 0.5) is 17.6 Å². The summed E-state index contributed by atoms with van der Waals surface area (Å²) in [7, 11) is 1.43. The molecule has 0 N–H and O–H groups in total. The van der Waals surface area contributed by atoms with Crippen molar-refractivity contribution >= 4 is 17.5 Å². The number of carbonyl (C=O) groups is 3. The van der Waals surface area contributed by atoms with Gasteiger partial charge in [0.05, 0.1) is 7.11 Å². The number of likely N-dealkylation sites (tertiary alicyclic amines) is 1. The summed E-state index contributed by atoms with van der Waals surface area (Å²) in [4.78, 5) is 39.1. The maximum Gasteiger partial charge on any atom is 0.397 e. The minimum atomic E-state index is -4.60. The number of carbonyl (C=O) groups excluding carboxylic acids is 3. The summed E-state index contributed by atoms with van der Waals surface area (Å²) in [6.45, 7) is 1.69. The van der Waals surface area contributed by atoms with Crippen molar-refractivity contribution < 1.29 is 36.7 Å². The second-order valence-corrected chi connectivity index (χ2v) is 9.18. The highest BCUT2D eigenvalue weighted by molar-refractivity contribution is 6.11. The van der Waals surface area contributed by atoms with Crippen LogP contribution in [0.2, 0.25) is 0 Å². The quantitative estimate of drug-likeness (QED) is 0.477. The number of alkyl halides is 3. The van der Waals surface area contributed by atoms with E-state index >= 15 is 0 Å². The molecule has 1 aliphatic heterocycles. The smallest absolute Gasteiger partial charge is 0.397 e.